The number of amides is 1. The highest BCUT2D eigenvalue weighted by molar-refractivity contribution is 6.06. The van der Waals surface area contributed by atoms with Gasteiger partial charge in [0, 0.05) is 24.1 Å². The van der Waals surface area contributed by atoms with Crippen LogP contribution in [0.15, 0.2) is 59.8 Å². The first kappa shape index (κ1) is 25.0. The van der Waals surface area contributed by atoms with Gasteiger partial charge in [-0.1, -0.05) is 64.8 Å². The highest BCUT2D eigenvalue weighted by Gasteiger charge is 2.43. The van der Waals surface area contributed by atoms with E-state index in [1.54, 1.807) is 0 Å². The molecule has 186 valence electrons. The molecule has 0 saturated heterocycles. The monoisotopic (exact) mass is 474 g/mol. The highest BCUT2D eigenvalue weighted by Crippen LogP contribution is 2.48. The van der Waals surface area contributed by atoms with Crippen LogP contribution < -0.4 is 15.0 Å². The van der Waals surface area contributed by atoms with Gasteiger partial charge in [0.1, 0.15) is 5.75 Å². The van der Waals surface area contributed by atoms with E-state index in [-0.39, 0.29) is 17.1 Å². The Kier molecular flexibility index (Phi) is 7.63. The Hall–Kier alpha value is -3.08. The average Bonchev–Trinajstić information content (AvgIpc) is 2.96. The maximum absolute atomic E-state index is 13.8. The Bertz CT molecular complexity index is 1100. The number of allylic oxidation sites excluding steroid dienone is 1. The van der Waals surface area contributed by atoms with Crippen molar-refractivity contribution in [1.29, 1.82) is 0 Å². The van der Waals surface area contributed by atoms with Crippen molar-refractivity contribution < 1.29 is 14.3 Å². The fourth-order valence-electron chi connectivity index (χ4n) is 5.19. The molecule has 0 unspecified atom stereocenters. The molecule has 0 aromatic heterocycles. The quantitative estimate of drug-likeness (QED) is 0.411. The predicted octanol–water partition coefficient (Wildman–Crippen LogP) is 7.20. The maximum Gasteiger partial charge on any atom is 0.227 e. The lowest BCUT2D eigenvalue weighted by atomic mass is 9.73. The third-order valence-corrected chi connectivity index (χ3v) is 6.83. The van der Waals surface area contributed by atoms with E-state index in [0.29, 0.717) is 25.0 Å². The molecule has 0 spiro atoms. The molecule has 1 N–H and O–H groups in total. The van der Waals surface area contributed by atoms with Crippen molar-refractivity contribution in [3.8, 4) is 5.75 Å². The van der Waals surface area contributed by atoms with Crippen molar-refractivity contribution in [2.75, 3.05) is 16.8 Å². The molecule has 5 heteroatoms. The standard InChI is InChI=1S/C30H38N2O3/c1-5-7-8-13-27(34)32-25-12-10-9-11-23(25)31-24-19-30(3,4)20-26(33)28(24)29(32)21-14-16-22(17-15-21)35-18-6-2/h9-12,14-17,29,31H,5-8,13,18-20H2,1-4H3/t29-/m0/s1. The largest absolute Gasteiger partial charge is 0.494 e. The fourth-order valence-corrected chi connectivity index (χ4v) is 5.19. The predicted molar refractivity (Wildman–Crippen MR) is 142 cm³/mol. The van der Waals surface area contributed by atoms with E-state index in [4.69, 9.17) is 4.74 Å². The van der Waals surface area contributed by atoms with Gasteiger partial charge in [0.15, 0.2) is 5.78 Å². The second-order valence-electron chi connectivity index (χ2n) is 10.5. The normalized spacial score (nSPS) is 18.9. The number of benzene rings is 2. The van der Waals surface area contributed by atoms with Gasteiger partial charge in [-0.2, -0.15) is 0 Å². The number of anilines is 2. The number of fused-ring (bicyclic) bond motifs is 1. The number of para-hydroxylation sites is 2. The van der Waals surface area contributed by atoms with Crippen molar-refractivity contribution in [1.82, 2.24) is 0 Å². The van der Waals surface area contributed by atoms with Crippen LogP contribution in [-0.2, 0) is 9.59 Å². The molecule has 1 aliphatic heterocycles. The Morgan fingerprint density at radius 1 is 1.03 bits per heavy atom. The Morgan fingerprint density at radius 3 is 2.49 bits per heavy atom. The number of rotatable bonds is 8. The van der Waals surface area contributed by atoms with Crippen LogP contribution in [0, 0.1) is 5.41 Å². The van der Waals surface area contributed by atoms with Gasteiger partial charge < -0.3 is 10.1 Å². The fraction of sp³-hybridized carbons (Fsp3) is 0.467. The van der Waals surface area contributed by atoms with Crippen LogP contribution in [0.5, 0.6) is 5.75 Å². The zero-order valence-electron chi connectivity index (χ0n) is 21.5. The van der Waals surface area contributed by atoms with E-state index in [1.807, 2.05) is 53.4 Å². The second kappa shape index (κ2) is 10.7. The van der Waals surface area contributed by atoms with Crippen LogP contribution in [0.25, 0.3) is 0 Å². The molecule has 4 rings (SSSR count). The Labute approximate surface area is 209 Å². The van der Waals surface area contributed by atoms with Gasteiger partial charge in [0.05, 0.1) is 24.0 Å². The van der Waals surface area contributed by atoms with Crippen LogP contribution in [0.3, 0.4) is 0 Å². The van der Waals surface area contributed by atoms with Gasteiger partial charge in [-0.15, -0.1) is 0 Å². The Balaban J connectivity index is 1.86. The molecule has 0 radical (unpaired) electrons. The van der Waals surface area contributed by atoms with Crippen LogP contribution in [-0.4, -0.2) is 18.3 Å². The number of nitrogens with zero attached hydrogens (tertiary/aromatic N) is 1. The van der Waals surface area contributed by atoms with E-state index < -0.39 is 6.04 Å². The zero-order valence-corrected chi connectivity index (χ0v) is 21.5. The van der Waals surface area contributed by atoms with Gasteiger partial charge in [-0.3, -0.25) is 14.5 Å². The number of carbonyl (C=O) groups is 2. The lowest BCUT2D eigenvalue weighted by Crippen LogP contribution is -2.39. The molecule has 2 aliphatic rings. The SMILES string of the molecule is CCCCCC(=O)N1c2ccccc2NC2=C(C(=O)CC(C)(C)C2)[C@@H]1c1ccc(OCCC)cc1. The number of ketones is 1. The van der Waals surface area contributed by atoms with E-state index >= 15 is 0 Å². The molecule has 0 bridgehead atoms. The Morgan fingerprint density at radius 2 is 1.77 bits per heavy atom. The summed E-state index contributed by atoms with van der Waals surface area (Å²) in [6, 6.07) is 15.4. The van der Waals surface area contributed by atoms with E-state index in [2.05, 4.69) is 33.0 Å². The minimum Gasteiger partial charge on any atom is -0.494 e. The third kappa shape index (κ3) is 5.44. The summed E-state index contributed by atoms with van der Waals surface area (Å²) in [5.74, 6) is 0.962. The van der Waals surface area contributed by atoms with Crippen molar-refractivity contribution in [3.63, 3.8) is 0 Å². The van der Waals surface area contributed by atoms with Gasteiger partial charge >= 0.3 is 0 Å². The van der Waals surface area contributed by atoms with Gasteiger partial charge in [-0.05, 0) is 54.5 Å². The van der Waals surface area contributed by atoms with E-state index in [0.717, 1.165) is 60.5 Å². The molecule has 35 heavy (non-hydrogen) atoms. The summed E-state index contributed by atoms with van der Waals surface area (Å²) in [7, 11) is 0. The number of nitrogens with one attached hydrogen (secondary N) is 1. The second-order valence-corrected chi connectivity index (χ2v) is 10.5. The van der Waals surface area contributed by atoms with Crippen molar-refractivity contribution in [2.45, 2.75) is 78.7 Å². The molecule has 2 aromatic carbocycles. The number of hydrogen-bond donors (Lipinski definition) is 1. The van der Waals surface area contributed by atoms with E-state index in [9.17, 15) is 9.59 Å². The molecule has 1 atom stereocenters. The van der Waals surface area contributed by atoms with Gasteiger partial charge in [-0.25, -0.2) is 0 Å². The van der Waals surface area contributed by atoms with Crippen LogP contribution in [0.4, 0.5) is 11.4 Å². The first-order valence-electron chi connectivity index (χ1n) is 13.0. The minimum absolute atomic E-state index is 0.0513. The molecular weight excluding hydrogens is 436 g/mol. The van der Waals surface area contributed by atoms with Gasteiger partial charge in [0.2, 0.25) is 5.91 Å². The molecule has 0 fully saturated rings. The summed E-state index contributed by atoms with van der Waals surface area (Å²) in [4.78, 5) is 29.4. The summed E-state index contributed by atoms with van der Waals surface area (Å²) in [6.07, 6.45) is 5.52. The number of ether oxygens (including phenoxy) is 1. The summed E-state index contributed by atoms with van der Waals surface area (Å²) in [5, 5.41) is 3.58. The molecule has 2 aromatic rings. The van der Waals surface area contributed by atoms with Crippen molar-refractivity contribution in [2.24, 2.45) is 5.41 Å². The summed E-state index contributed by atoms with van der Waals surface area (Å²) in [5.41, 5.74) is 4.13. The summed E-state index contributed by atoms with van der Waals surface area (Å²) >= 11 is 0. The maximum atomic E-state index is 13.8. The molecular formula is C30H38N2O3. The van der Waals surface area contributed by atoms with Crippen molar-refractivity contribution in [3.05, 3.63) is 65.4 Å². The first-order chi connectivity index (χ1) is 16.8. The molecule has 1 amide bonds. The van der Waals surface area contributed by atoms with Crippen LogP contribution in [0.2, 0.25) is 0 Å². The highest BCUT2D eigenvalue weighted by atomic mass is 16.5. The van der Waals surface area contributed by atoms with Crippen LogP contribution >= 0.6 is 0 Å². The average molecular weight is 475 g/mol. The summed E-state index contributed by atoms with van der Waals surface area (Å²) in [6.45, 7) is 9.15. The lowest BCUT2D eigenvalue weighted by molar-refractivity contribution is -0.119. The third-order valence-electron chi connectivity index (χ3n) is 6.83. The minimum atomic E-state index is -0.473. The first-order valence-corrected chi connectivity index (χ1v) is 13.0. The number of hydrogen-bond acceptors (Lipinski definition) is 4. The zero-order chi connectivity index (χ0) is 25.0. The summed E-state index contributed by atoms with van der Waals surface area (Å²) < 4.78 is 5.80. The van der Waals surface area contributed by atoms with Crippen LogP contribution in [0.1, 0.15) is 84.2 Å². The topological polar surface area (TPSA) is 58.6 Å². The smallest absolute Gasteiger partial charge is 0.227 e. The molecule has 0 saturated carbocycles. The molecule has 1 heterocycles. The van der Waals surface area contributed by atoms with Gasteiger partial charge in [0.25, 0.3) is 0 Å². The number of carbonyl (C=O) groups excluding carboxylic acids is 2. The van der Waals surface area contributed by atoms with E-state index in [1.165, 1.54) is 0 Å². The molecule has 5 nitrogen and oxygen atoms in total. The van der Waals surface area contributed by atoms with Crippen molar-refractivity contribution >= 4 is 23.1 Å². The number of Topliss-reactive ketones (excluding diaryl/α,β-unsaturated/α-hetero) is 1. The lowest BCUT2D eigenvalue weighted by Gasteiger charge is -2.37. The number of unbranched alkanes of at least 4 members (excludes halogenated alkanes) is 2. The molecule has 1 aliphatic carbocycles.